The van der Waals surface area contributed by atoms with Crippen LogP contribution in [0.15, 0.2) is 127 Å². The zero-order chi connectivity index (χ0) is 64.4. The summed E-state index contributed by atoms with van der Waals surface area (Å²) in [6.07, 6.45) is 9.03. The Hall–Kier alpha value is -6.92. The molecule has 0 atom stereocenters. The van der Waals surface area contributed by atoms with Crippen molar-refractivity contribution < 1.29 is 42.2 Å². The SMILES string of the molecule is CCC(CC)/C(O)=C/C(=O)C(C)(CC)CC.[2H]c1cc2c3c(cc4c(CC(C)(C)C)cccc42)Oc2c([c-]c4cc(C)ccc4c2CC(C)(C)C)-c3n1.[2H]c1cc2c3c(cc4c(CC(C)(C)C)cccc42)Oc2c([c-]c4ccccc4c2CC(C)(C)C)-c3n1.[Ir]. The number of aromatic nitrogens is 2. The second-order valence-electron chi connectivity index (χ2n) is 29.9. The maximum Gasteiger partial charge on any atom is 0.164 e. The van der Waals surface area contributed by atoms with Crippen LogP contribution in [0.4, 0.5) is 0 Å². The molecule has 0 unspecified atom stereocenters. The van der Waals surface area contributed by atoms with Crippen molar-refractivity contribution in [3.63, 3.8) is 0 Å². The van der Waals surface area contributed by atoms with Crippen LogP contribution in [0.25, 0.3) is 87.1 Å². The third kappa shape index (κ3) is 13.5. The monoisotopic (exact) mass is 1350 g/mol. The number of aliphatic hydroxyl groups is 1. The van der Waals surface area contributed by atoms with Gasteiger partial charge in [0.2, 0.25) is 0 Å². The fourth-order valence-corrected chi connectivity index (χ4v) is 12.9. The molecule has 1 radical (unpaired) electrons. The molecule has 7 heteroatoms. The second-order valence-corrected chi connectivity index (χ2v) is 29.9. The smallest absolute Gasteiger partial charge is 0.164 e. The summed E-state index contributed by atoms with van der Waals surface area (Å²) in [4.78, 5) is 21.6. The van der Waals surface area contributed by atoms with E-state index in [-0.39, 0.29) is 77.0 Å². The molecule has 0 amide bonds. The van der Waals surface area contributed by atoms with Gasteiger partial charge in [-0.2, -0.15) is 0 Å². The van der Waals surface area contributed by atoms with E-state index >= 15 is 0 Å². The molecule has 461 valence electrons. The molecule has 2 aromatic heterocycles. The number of fused-ring (bicyclic) bond motifs is 10. The molecule has 0 spiro atoms. The van der Waals surface area contributed by atoms with Gasteiger partial charge in [-0.05, 0) is 148 Å². The number of ether oxygens (including phenoxy) is 2. The Morgan fingerprint density at radius 1 is 0.534 bits per heavy atom. The Bertz CT molecular complexity index is 4450. The Morgan fingerprint density at radius 2 is 0.966 bits per heavy atom. The standard InChI is InChI=1S/C34H34NO.C33H32NO.C14H26O2.Ir/c1-20-11-12-23-22(15-20)16-27-31-30-25(13-14-35-31)24-10-8-9-21(18-33(2,3)4)26(24)17-29(30)36-32(27)28(23)19-34(5,6)7;1-32(2,3)18-21-11-9-13-23-24-14-15-34-30-26-16-20-10-7-8-12-22(20)27(19-33(4,5)6)31(26)35-28(29(24)30)17-25(21)23;1-6-11(7-2)12(15)10-13(16)14(5,8-3)9-4;/h8-15,17H,18-19H2,1-7H3;7-15,17H,18-19H2,1-6H3;10-11,15H,6-9H2,1-5H3;/q2*-1;;/b;;12-10-;/i14D;15D;;. The summed E-state index contributed by atoms with van der Waals surface area (Å²) in [6, 6.07) is 43.5. The van der Waals surface area contributed by atoms with Crippen LogP contribution in [-0.2, 0) is 50.6 Å². The van der Waals surface area contributed by atoms with E-state index < -0.39 is 0 Å². The summed E-state index contributed by atoms with van der Waals surface area (Å²) in [7, 11) is 0. The van der Waals surface area contributed by atoms with Gasteiger partial charge in [-0.25, -0.2) is 0 Å². The molecule has 1 N–H and O–H groups in total. The zero-order valence-electron chi connectivity index (χ0n) is 57.5. The van der Waals surface area contributed by atoms with Crippen molar-refractivity contribution in [2.45, 2.75) is 176 Å². The van der Waals surface area contributed by atoms with Crippen LogP contribution in [0.2, 0.25) is 0 Å². The Morgan fingerprint density at radius 3 is 1.41 bits per heavy atom. The van der Waals surface area contributed by atoms with Gasteiger partial charge >= 0.3 is 0 Å². The van der Waals surface area contributed by atoms with E-state index in [1.807, 2.05) is 46.8 Å². The summed E-state index contributed by atoms with van der Waals surface area (Å²) in [5.41, 5.74) is 9.67. The second kappa shape index (κ2) is 25.2. The summed E-state index contributed by atoms with van der Waals surface area (Å²) < 4.78 is 31.0. The molecule has 2 aliphatic rings. The van der Waals surface area contributed by atoms with Gasteiger partial charge in [0.05, 0.1) is 20.0 Å². The molecule has 0 aliphatic carbocycles. The molecular formula is C81H92IrN2O4-2. The minimum absolute atomic E-state index is 0. The van der Waals surface area contributed by atoms with Crippen molar-refractivity contribution >= 4 is 70.4 Å². The molecule has 2 aliphatic heterocycles. The topological polar surface area (TPSA) is 81.5 Å². The maximum atomic E-state index is 12.0. The van der Waals surface area contributed by atoms with Crippen LogP contribution in [0, 0.1) is 52.0 Å². The van der Waals surface area contributed by atoms with E-state index in [9.17, 15) is 9.90 Å². The number of benzene rings is 8. The molecule has 0 saturated heterocycles. The molecule has 88 heavy (non-hydrogen) atoms. The van der Waals surface area contributed by atoms with Crippen molar-refractivity contribution in [1.29, 1.82) is 0 Å². The zero-order valence-corrected chi connectivity index (χ0v) is 57.9. The Kier molecular flexibility index (Phi) is 17.9. The van der Waals surface area contributed by atoms with Gasteiger partial charge in [0, 0.05) is 72.0 Å². The number of hydrogen-bond acceptors (Lipinski definition) is 6. The van der Waals surface area contributed by atoms with Gasteiger partial charge < -0.3 is 14.6 Å². The number of carbonyl (C=O) groups excluding carboxylic acids is 1. The summed E-state index contributed by atoms with van der Waals surface area (Å²) in [6.45, 7) is 39.4. The van der Waals surface area contributed by atoms with Gasteiger partial charge in [0.25, 0.3) is 0 Å². The molecule has 4 heterocycles. The maximum absolute atomic E-state index is 12.0. The predicted octanol–water partition coefficient (Wildman–Crippen LogP) is 23.1. The van der Waals surface area contributed by atoms with E-state index in [1.54, 1.807) is 0 Å². The third-order valence-electron chi connectivity index (χ3n) is 17.7. The Labute approximate surface area is 541 Å². The number of allylic oxidation sites excluding steroid dienone is 2. The number of nitrogens with zero attached hydrogens (tertiary/aromatic N) is 2. The molecule has 12 rings (SSSR count). The molecule has 0 saturated carbocycles. The summed E-state index contributed by atoms with van der Waals surface area (Å²) in [5.74, 6) is 3.77. The van der Waals surface area contributed by atoms with Crippen molar-refractivity contribution in [2.75, 3.05) is 0 Å². The van der Waals surface area contributed by atoms with Crippen LogP contribution in [0.3, 0.4) is 0 Å². The first kappa shape index (κ1) is 62.7. The first-order chi connectivity index (χ1) is 41.8. The van der Waals surface area contributed by atoms with Crippen molar-refractivity contribution in [3.05, 3.63) is 167 Å². The number of pyridine rings is 2. The molecule has 8 aromatic carbocycles. The van der Waals surface area contributed by atoms with E-state index in [2.05, 4.69) is 193 Å². The minimum atomic E-state index is -0.319. The van der Waals surface area contributed by atoms with Crippen LogP contribution in [0.1, 0.15) is 174 Å². The number of aryl methyl sites for hydroxylation is 1. The Balaban J connectivity index is 0.000000172. The van der Waals surface area contributed by atoms with E-state index in [1.165, 1.54) is 55.4 Å². The third-order valence-corrected chi connectivity index (χ3v) is 17.7. The van der Waals surface area contributed by atoms with Gasteiger partial charge in [0.15, 0.2) is 5.78 Å². The minimum Gasteiger partial charge on any atom is -0.512 e. The molecule has 10 aromatic rings. The summed E-state index contributed by atoms with van der Waals surface area (Å²) >= 11 is 0. The molecule has 6 nitrogen and oxygen atoms in total. The molecule has 0 fully saturated rings. The van der Waals surface area contributed by atoms with Crippen LogP contribution < -0.4 is 9.47 Å². The van der Waals surface area contributed by atoms with E-state index in [0.717, 1.165) is 140 Å². The number of hydrogen-bond donors (Lipinski definition) is 1. The quantitative estimate of drug-likeness (QED) is 0.0601. The number of carbonyl (C=O) groups is 1. The number of ketones is 1. The molecular weight excluding hydrogens is 1260 g/mol. The average molecular weight is 1350 g/mol. The summed E-state index contributed by atoms with van der Waals surface area (Å²) in [5, 5.41) is 23.0. The van der Waals surface area contributed by atoms with Crippen molar-refractivity contribution in [3.8, 4) is 45.5 Å². The van der Waals surface area contributed by atoms with Crippen LogP contribution in [-0.4, -0.2) is 20.9 Å². The first-order valence-corrected chi connectivity index (χ1v) is 31.8. The van der Waals surface area contributed by atoms with Crippen molar-refractivity contribution in [1.82, 2.24) is 9.97 Å². The van der Waals surface area contributed by atoms with Crippen LogP contribution in [0.5, 0.6) is 23.0 Å². The van der Waals surface area contributed by atoms with Crippen LogP contribution >= 0.6 is 0 Å². The number of aliphatic hydroxyl groups excluding tert-OH is 1. The fraction of sp³-hybridized carbons (Fsp3) is 0.395. The first-order valence-electron chi connectivity index (χ1n) is 32.8. The van der Waals surface area contributed by atoms with Gasteiger partial charge in [0.1, 0.15) is 11.5 Å². The van der Waals surface area contributed by atoms with E-state index in [0.29, 0.717) is 0 Å². The number of rotatable bonds is 11. The predicted molar refractivity (Wildman–Crippen MR) is 368 cm³/mol. The average Bonchev–Trinajstić information content (AvgIpc) is 0.724. The van der Waals surface area contributed by atoms with Gasteiger partial charge in [-0.1, -0.05) is 223 Å². The van der Waals surface area contributed by atoms with E-state index in [4.69, 9.17) is 22.2 Å². The fourth-order valence-electron chi connectivity index (χ4n) is 12.9. The van der Waals surface area contributed by atoms with Gasteiger partial charge in [-0.3, -0.25) is 14.8 Å². The van der Waals surface area contributed by atoms with Crippen molar-refractivity contribution in [2.24, 2.45) is 33.0 Å². The largest absolute Gasteiger partial charge is 0.512 e. The normalized spacial score (nSPS) is 13.5. The molecule has 0 bridgehead atoms. The van der Waals surface area contributed by atoms with Gasteiger partial charge in [-0.15, -0.1) is 35.0 Å².